The lowest BCUT2D eigenvalue weighted by molar-refractivity contribution is 0.306. The molecule has 0 aliphatic rings. The highest BCUT2D eigenvalue weighted by Gasteiger charge is 2.11. The van der Waals surface area contributed by atoms with Gasteiger partial charge in [-0.05, 0) is 35.2 Å². The number of hydrogen-bond acceptors (Lipinski definition) is 5. The average molecular weight is 427 g/mol. The summed E-state index contributed by atoms with van der Waals surface area (Å²) in [7, 11) is 0. The third-order valence-corrected chi connectivity index (χ3v) is 5.65. The number of ether oxygens (including phenoxy) is 1. The van der Waals surface area contributed by atoms with Gasteiger partial charge in [-0.15, -0.1) is 16.4 Å². The number of rotatable bonds is 4. The van der Waals surface area contributed by atoms with Crippen LogP contribution in [0.2, 0.25) is 10.0 Å². The van der Waals surface area contributed by atoms with Crippen LogP contribution in [0.25, 0.3) is 27.3 Å². The zero-order chi connectivity index (χ0) is 19.1. The summed E-state index contributed by atoms with van der Waals surface area (Å²) in [6, 6.07) is 15.1. The molecular formula is C20H12Cl2N4OS. The molecule has 2 aromatic carbocycles. The number of fused-ring (bicyclic) bond motifs is 3. The Morgan fingerprint density at radius 3 is 2.71 bits per heavy atom. The lowest BCUT2D eigenvalue weighted by atomic mass is 10.1. The first-order valence-corrected chi connectivity index (χ1v) is 10.1. The van der Waals surface area contributed by atoms with Crippen LogP contribution in [-0.4, -0.2) is 19.6 Å². The van der Waals surface area contributed by atoms with Gasteiger partial charge in [0.25, 0.3) is 0 Å². The molecule has 5 nitrogen and oxygen atoms in total. The number of hydrogen-bond donors (Lipinski definition) is 0. The summed E-state index contributed by atoms with van der Waals surface area (Å²) >= 11 is 13.6. The van der Waals surface area contributed by atoms with E-state index in [2.05, 4.69) is 15.1 Å². The molecule has 0 atom stereocenters. The third kappa shape index (κ3) is 3.20. The van der Waals surface area contributed by atoms with Crippen molar-refractivity contribution in [3.8, 4) is 17.1 Å². The average Bonchev–Trinajstić information content (AvgIpc) is 3.34. The molecule has 0 aliphatic heterocycles. The molecule has 0 N–H and O–H groups in total. The Morgan fingerprint density at radius 2 is 1.89 bits per heavy atom. The van der Waals surface area contributed by atoms with Gasteiger partial charge in [0.05, 0.1) is 10.4 Å². The Morgan fingerprint density at radius 1 is 1.04 bits per heavy atom. The Labute approximate surface area is 174 Å². The molecule has 0 amide bonds. The van der Waals surface area contributed by atoms with Gasteiger partial charge in [0, 0.05) is 10.6 Å². The molecule has 0 fully saturated rings. The van der Waals surface area contributed by atoms with Gasteiger partial charge in [-0.1, -0.05) is 47.5 Å². The van der Waals surface area contributed by atoms with E-state index in [4.69, 9.17) is 27.9 Å². The van der Waals surface area contributed by atoms with Gasteiger partial charge in [-0.25, -0.2) is 14.5 Å². The highest BCUT2D eigenvalue weighted by atomic mass is 35.5. The number of nitrogens with zero attached hydrogens (tertiary/aromatic N) is 4. The van der Waals surface area contributed by atoms with Crippen LogP contribution in [0.1, 0.15) is 5.56 Å². The van der Waals surface area contributed by atoms with Crippen molar-refractivity contribution in [2.24, 2.45) is 0 Å². The highest BCUT2D eigenvalue weighted by Crippen LogP contribution is 2.28. The van der Waals surface area contributed by atoms with Crippen molar-refractivity contribution in [1.29, 1.82) is 0 Å². The molecule has 0 aliphatic carbocycles. The van der Waals surface area contributed by atoms with Gasteiger partial charge in [0.15, 0.2) is 11.5 Å². The quantitative estimate of drug-likeness (QED) is 0.359. The van der Waals surface area contributed by atoms with Crippen LogP contribution in [0, 0.1) is 0 Å². The molecule has 5 rings (SSSR count). The number of benzene rings is 2. The highest BCUT2D eigenvalue weighted by molar-refractivity contribution is 7.16. The first kappa shape index (κ1) is 17.4. The van der Waals surface area contributed by atoms with Crippen molar-refractivity contribution in [1.82, 2.24) is 19.6 Å². The van der Waals surface area contributed by atoms with Gasteiger partial charge in [0.1, 0.15) is 23.5 Å². The summed E-state index contributed by atoms with van der Waals surface area (Å²) in [4.78, 5) is 10.0. The predicted octanol–water partition coefficient (Wildman–Crippen LogP) is 5.89. The molecule has 0 spiro atoms. The van der Waals surface area contributed by atoms with Crippen molar-refractivity contribution in [2.45, 2.75) is 6.61 Å². The van der Waals surface area contributed by atoms with E-state index in [1.807, 2.05) is 35.7 Å². The van der Waals surface area contributed by atoms with Crippen molar-refractivity contribution >= 4 is 50.4 Å². The first-order chi connectivity index (χ1) is 13.7. The Kier molecular flexibility index (Phi) is 4.39. The Bertz CT molecular complexity index is 1300. The van der Waals surface area contributed by atoms with E-state index in [-0.39, 0.29) is 0 Å². The third-order valence-electron chi connectivity index (χ3n) is 4.30. The fourth-order valence-electron chi connectivity index (χ4n) is 2.89. The topological polar surface area (TPSA) is 52.3 Å². The SMILES string of the molecule is Clc1ccc(OCc2ccc(-c3nc4c5ccsc5ncn4n3)cc2)c(Cl)c1. The van der Waals surface area contributed by atoms with E-state index in [1.54, 1.807) is 40.4 Å². The van der Waals surface area contributed by atoms with Gasteiger partial charge in [-0.2, -0.15) is 0 Å². The maximum absolute atomic E-state index is 6.14. The molecule has 0 saturated carbocycles. The van der Waals surface area contributed by atoms with Gasteiger partial charge in [-0.3, -0.25) is 0 Å². The molecule has 0 unspecified atom stereocenters. The van der Waals surface area contributed by atoms with Crippen LogP contribution in [0.3, 0.4) is 0 Å². The molecule has 138 valence electrons. The molecule has 3 aromatic heterocycles. The Hall–Kier alpha value is -2.67. The smallest absolute Gasteiger partial charge is 0.182 e. The second-order valence-corrected chi connectivity index (χ2v) is 7.89. The van der Waals surface area contributed by atoms with Crippen molar-refractivity contribution < 1.29 is 4.74 Å². The standard InChI is InChI=1S/C20H12Cl2N4OS/c21-14-5-6-17(16(22)9-14)27-10-12-1-3-13(4-2-12)18-24-19-15-7-8-28-20(15)23-11-26(19)25-18/h1-9,11H,10H2. The maximum Gasteiger partial charge on any atom is 0.182 e. The van der Waals surface area contributed by atoms with E-state index in [0.717, 1.165) is 27.0 Å². The van der Waals surface area contributed by atoms with Gasteiger partial charge < -0.3 is 4.74 Å². The van der Waals surface area contributed by atoms with Crippen LogP contribution in [0.15, 0.2) is 60.2 Å². The van der Waals surface area contributed by atoms with Gasteiger partial charge >= 0.3 is 0 Å². The monoisotopic (exact) mass is 426 g/mol. The number of aromatic nitrogens is 4. The minimum Gasteiger partial charge on any atom is -0.487 e. The summed E-state index contributed by atoms with van der Waals surface area (Å²) in [5, 5.41) is 8.63. The largest absolute Gasteiger partial charge is 0.487 e. The normalized spacial score (nSPS) is 11.4. The van der Waals surface area contributed by atoms with Crippen LogP contribution >= 0.6 is 34.5 Å². The molecule has 5 aromatic rings. The van der Waals surface area contributed by atoms with E-state index in [0.29, 0.717) is 28.2 Å². The molecule has 3 heterocycles. The van der Waals surface area contributed by atoms with Gasteiger partial charge in [0.2, 0.25) is 0 Å². The van der Waals surface area contributed by atoms with E-state index >= 15 is 0 Å². The fourth-order valence-corrected chi connectivity index (χ4v) is 4.08. The van der Waals surface area contributed by atoms with Crippen LogP contribution in [0.5, 0.6) is 5.75 Å². The minimum absolute atomic E-state index is 0.402. The molecule has 8 heteroatoms. The summed E-state index contributed by atoms with van der Waals surface area (Å²) in [6.07, 6.45) is 1.70. The zero-order valence-corrected chi connectivity index (χ0v) is 16.7. The molecule has 28 heavy (non-hydrogen) atoms. The molecular weight excluding hydrogens is 415 g/mol. The second kappa shape index (κ2) is 7.05. The van der Waals surface area contributed by atoms with Crippen LogP contribution in [0.4, 0.5) is 0 Å². The van der Waals surface area contributed by atoms with E-state index in [1.165, 1.54) is 0 Å². The zero-order valence-electron chi connectivity index (χ0n) is 14.3. The maximum atomic E-state index is 6.14. The fraction of sp³-hybridized carbons (Fsp3) is 0.0500. The van der Waals surface area contributed by atoms with Crippen molar-refractivity contribution in [3.05, 3.63) is 75.8 Å². The summed E-state index contributed by atoms with van der Waals surface area (Å²) in [5.74, 6) is 1.26. The van der Waals surface area contributed by atoms with Crippen molar-refractivity contribution in [3.63, 3.8) is 0 Å². The van der Waals surface area contributed by atoms with Crippen molar-refractivity contribution in [2.75, 3.05) is 0 Å². The first-order valence-electron chi connectivity index (χ1n) is 8.43. The second-order valence-electron chi connectivity index (χ2n) is 6.15. The minimum atomic E-state index is 0.402. The lowest BCUT2D eigenvalue weighted by Crippen LogP contribution is -1.96. The van der Waals surface area contributed by atoms with Crippen LogP contribution < -0.4 is 4.74 Å². The summed E-state index contributed by atoms with van der Waals surface area (Å²) < 4.78 is 7.49. The van der Waals surface area contributed by atoms with E-state index < -0.39 is 0 Å². The summed E-state index contributed by atoms with van der Waals surface area (Å²) in [5.41, 5.74) is 2.76. The summed E-state index contributed by atoms with van der Waals surface area (Å²) in [6.45, 7) is 0.402. The van der Waals surface area contributed by atoms with Crippen LogP contribution in [-0.2, 0) is 6.61 Å². The number of halogens is 2. The molecule has 0 bridgehead atoms. The number of thiophene rings is 1. The molecule has 0 saturated heterocycles. The van der Waals surface area contributed by atoms with E-state index in [9.17, 15) is 0 Å². The predicted molar refractivity (Wildman–Crippen MR) is 112 cm³/mol. The Balaban J connectivity index is 1.38. The lowest BCUT2D eigenvalue weighted by Gasteiger charge is -2.08. The molecule has 0 radical (unpaired) electrons.